The van der Waals surface area contributed by atoms with Crippen molar-refractivity contribution in [1.82, 2.24) is 9.78 Å². The number of aromatic nitrogens is 2. The molecule has 6 heteroatoms. The summed E-state index contributed by atoms with van der Waals surface area (Å²) in [4.78, 5) is 23.7. The number of nitrogens with one attached hydrogen (secondary N) is 1. The summed E-state index contributed by atoms with van der Waals surface area (Å²) in [6.45, 7) is 2.11. The third kappa shape index (κ3) is 3.44. The van der Waals surface area contributed by atoms with E-state index in [1.54, 1.807) is 49.6 Å². The molecule has 0 aliphatic rings. The fourth-order valence-electron chi connectivity index (χ4n) is 1.71. The molecule has 1 N–H and O–H groups in total. The molecule has 1 aromatic carbocycles. The van der Waals surface area contributed by atoms with Gasteiger partial charge < -0.3 is 10.1 Å². The lowest BCUT2D eigenvalue weighted by Crippen LogP contribution is -2.20. The number of ether oxygens (including phenoxy) is 1. The van der Waals surface area contributed by atoms with Gasteiger partial charge in [-0.15, -0.1) is 0 Å². The van der Waals surface area contributed by atoms with Gasteiger partial charge in [0.25, 0.3) is 0 Å². The summed E-state index contributed by atoms with van der Waals surface area (Å²) >= 11 is 0. The number of para-hydroxylation sites is 1. The molecule has 0 saturated carbocycles. The van der Waals surface area contributed by atoms with Crippen molar-refractivity contribution in [3.8, 4) is 0 Å². The van der Waals surface area contributed by atoms with Gasteiger partial charge in [0.2, 0.25) is 5.91 Å². The highest BCUT2D eigenvalue weighted by Crippen LogP contribution is 2.16. The van der Waals surface area contributed by atoms with Crippen LogP contribution in [0.3, 0.4) is 0 Å². The van der Waals surface area contributed by atoms with Gasteiger partial charge in [-0.1, -0.05) is 12.1 Å². The Hall–Kier alpha value is -2.63. The molecule has 0 fully saturated rings. The van der Waals surface area contributed by atoms with Gasteiger partial charge in [-0.2, -0.15) is 5.10 Å². The average molecular weight is 273 g/mol. The molecule has 104 valence electrons. The van der Waals surface area contributed by atoms with Crippen molar-refractivity contribution in [2.75, 3.05) is 11.9 Å². The Morgan fingerprint density at radius 2 is 2.10 bits per heavy atom. The minimum atomic E-state index is -0.456. The number of hydrogen-bond donors (Lipinski definition) is 1. The number of benzene rings is 1. The minimum Gasteiger partial charge on any atom is -0.462 e. The largest absolute Gasteiger partial charge is 0.462 e. The summed E-state index contributed by atoms with van der Waals surface area (Å²) in [6.07, 6.45) is 3.29. The van der Waals surface area contributed by atoms with Crippen LogP contribution in [0.25, 0.3) is 0 Å². The Bertz CT molecular complexity index is 593. The quantitative estimate of drug-likeness (QED) is 0.841. The Morgan fingerprint density at radius 1 is 1.30 bits per heavy atom. The minimum absolute atomic E-state index is 0.0875. The average Bonchev–Trinajstić information content (AvgIpc) is 2.92. The molecule has 0 atom stereocenters. The van der Waals surface area contributed by atoms with E-state index in [2.05, 4.69) is 10.4 Å². The van der Waals surface area contributed by atoms with E-state index in [0.29, 0.717) is 11.3 Å². The van der Waals surface area contributed by atoms with Crippen LogP contribution in [-0.4, -0.2) is 28.3 Å². The van der Waals surface area contributed by atoms with Crippen molar-refractivity contribution in [2.45, 2.75) is 13.5 Å². The highest BCUT2D eigenvalue weighted by Gasteiger charge is 2.13. The van der Waals surface area contributed by atoms with Gasteiger partial charge >= 0.3 is 5.97 Å². The lowest BCUT2D eigenvalue weighted by Gasteiger charge is -2.10. The second kappa shape index (κ2) is 6.51. The molecule has 0 spiro atoms. The zero-order valence-electron chi connectivity index (χ0n) is 11.1. The lowest BCUT2D eigenvalue weighted by atomic mass is 10.2. The first-order chi connectivity index (χ1) is 9.70. The van der Waals surface area contributed by atoms with Gasteiger partial charge in [0.1, 0.15) is 6.54 Å². The van der Waals surface area contributed by atoms with E-state index in [-0.39, 0.29) is 19.1 Å². The molecule has 0 bridgehead atoms. The molecule has 6 nitrogen and oxygen atoms in total. The number of esters is 1. The van der Waals surface area contributed by atoms with Crippen LogP contribution in [0.5, 0.6) is 0 Å². The predicted octanol–water partition coefficient (Wildman–Crippen LogP) is 1.70. The van der Waals surface area contributed by atoms with E-state index in [1.165, 1.54) is 4.68 Å². The highest BCUT2D eigenvalue weighted by atomic mass is 16.5. The van der Waals surface area contributed by atoms with Crippen LogP contribution >= 0.6 is 0 Å². The molecule has 1 aromatic heterocycles. The van der Waals surface area contributed by atoms with Gasteiger partial charge in [-0.25, -0.2) is 4.79 Å². The van der Waals surface area contributed by atoms with Crippen LogP contribution < -0.4 is 5.32 Å². The Balaban J connectivity index is 2.09. The second-order valence-electron chi connectivity index (χ2n) is 4.02. The topological polar surface area (TPSA) is 73.2 Å². The first-order valence-corrected chi connectivity index (χ1v) is 6.24. The zero-order chi connectivity index (χ0) is 14.4. The van der Waals surface area contributed by atoms with Crippen LogP contribution in [-0.2, 0) is 16.1 Å². The van der Waals surface area contributed by atoms with Crippen molar-refractivity contribution >= 4 is 17.6 Å². The Kier molecular flexibility index (Phi) is 4.49. The van der Waals surface area contributed by atoms with Crippen molar-refractivity contribution in [3.05, 3.63) is 48.3 Å². The number of anilines is 1. The predicted molar refractivity (Wildman–Crippen MR) is 73.3 cm³/mol. The van der Waals surface area contributed by atoms with Gasteiger partial charge in [0.05, 0.1) is 17.9 Å². The van der Waals surface area contributed by atoms with Crippen molar-refractivity contribution in [2.24, 2.45) is 0 Å². The standard InChI is InChI=1S/C14H15N3O3/c1-2-20-14(19)11-6-3-4-7-12(11)16-13(18)10-17-9-5-8-15-17/h3-9H,2,10H2,1H3,(H,16,18). The first kappa shape index (κ1) is 13.8. The molecule has 1 amide bonds. The van der Waals surface area contributed by atoms with E-state index >= 15 is 0 Å². The van der Waals surface area contributed by atoms with Crippen LogP contribution in [0.2, 0.25) is 0 Å². The number of amides is 1. The van der Waals surface area contributed by atoms with E-state index in [9.17, 15) is 9.59 Å². The molecule has 1 heterocycles. The fraction of sp³-hybridized carbons (Fsp3) is 0.214. The first-order valence-electron chi connectivity index (χ1n) is 6.24. The Morgan fingerprint density at radius 3 is 2.80 bits per heavy atom. The molecule has 0 unspecified atom stereocenters. The second-order valence-corrected chi connectivity index (χ2v) is 4.02. The van der Waals surface area contributed by atoms with Gasteiger partial charge in [0, 0.05) is 12.4 Å². The number of hydrogen-bond acceptors (Lipinski definition) is 4. The maximum absolute atomic E-state index is 11.9. The molecular weight excluding hydrogens is 258 g/mol. The van der Waals surface area contributed by atoms with Crippen molar-refractivity contribution < 1.29 is 14.3 Å². The normalized spacial score (nSPS) is 10.1. The van der Waals surface area contributed by atoms with Gasteiger partial charge in [-0.3, -0.25) is 9.48 Å². The van der Waals surface area contributed by atoms with Gasteiger partial charge in [-0.05, 0) is 25.1 Å². The summed E-state index contributed by atoms with van der Waals surface area (Å²) in [5.41, 5.74) is 0.770. The van der Waals surface area contributed by atoms with E-state index in [1.807, 2.05) is 0 Å². The third-order valence-electron chi connectivity index (χ3n) is 2.56. The lowest BCUT2D eigenvalue weighted by molar-refractivity contribution is -0.116. The molecule has 20 heavy (non-hydrogen) atoms. The number of carbonyl (C=O) groups is 2. The van der Waals surface area contributed by atoms with Crippen LogP contribution in [0.4, 0.5) is 5.69 Å². The maximum Gasteiger partial charge on any atom is 0.340 e. The third-order valence-corrected chi connectivity index (χ3v) is 2.56. The van der Waals surface area contributed by atoms with E-state index < -0.39 is 5.97 Å². The summed E-state index contributed by atoms with van der Waals surface area (Å²) in [6, 6.07) is 8.47. The molecule has 0 aliphatic heterocycles. The van der Waals surface area contributed by atoms with E-state index in [0.717, 1.165) is 0 Å². The van der Waals surface area contributed by atoms with E-state index in [4.69, 9.17) is 4.74 Å². The van der Waals surface area contributed by atoms with Gasteiger partial charge in [0.15, 0.2) is 0 Å². The van der Waals surface area contributed by atoms with Crippen LogP contribution in [0.15, 0.2) is 42.7 Å². The molecule has 0 aliphatic carbocycles. The summed E-state index contributed by atoms with van der Waals surface area (Å²) in [7, 11) is 0. The monoisotopic (exact) mass is 273 g/mol. The molecule has 2 aromatic rings. The summed E-state index contributed by atoms with van der Waals surface area (Å²) < 4.78 is 6.45. The number of carbonyl (C=O) groups excluding carboxylic acids is 2. The molecule has 0 radical (unpaired) electrons. The SMILES string of the molecule is CCOC(=O)c1ccccc1NC(=O)Cn1cccn1. The molecule has 2 rings (SSSR count). The summed E-state index contributed by atoms with van der Waals surface area (Å²) in [5.74, 6) is -0.715. The zero-order valence-corrected chi connectivity index (χ0v) is 11.1. The maximum atomic E-state index is 11.9. The van der Waals surface area contributed by atoms with Crippen LogP contribution in [0, 0.1) is 0 Å². The molecular formula is C14H15N3O3. The Labute approximate surface area is 116 Å². The van der Waals surface area contributed by atoms with Crippen molar-refractivity contribution in [3.63, 3.8) is 0 Å². The molecule has 0 saturated heterocycles. The summed E-state index contributed by atoms with van der Waals surface area (Å²) in [5, 5.41) is 6.64. The van der Waals surface area contributed by atoms with Crippen molar-refractivity contribution in [1.29, 1.82) is 0 Å². The van der Waals surface area contributed by atoms with Crippen LogP contribution in [0.1, 0.15) is 17.3 Å². The number of nitrogens with zero attached hydrogens (tertiary/aromatic N) is 2. The highest BCUT2D eigenvalue weighted by molar-refractivity contribution is 6.01. The fourth-order valence-corrected chi connectivity index (χ4v) is 1.71. The number of rotatable bonds is 5. The smallest absolute Gasteiger partial charge is 0.340 e.